The number of rotatable bonds is 0. The van der Waals surface area contributed by atoms with Crippen LogP contribution < -0.4 is 0 Å². The third-order valence-corrected chi connectivity index (χ3v) is 3.12. The molecule has 1 aliphatic rings. The molecular formula is C9H7As. The Morgan fingerprint density at radius 1 is 1.00 bits per heavy atom. The quantitative estimate of drug-likeness (QED) is 0.544. The van der Waals surface area contributed by atoms with Gasteiger partial charge in [0.1, 0.15) is 0 Å². The van der Waals surface area contributed by atoms with Gasteiger partial charge in [-0.25, -0.2) is 0 Å². The molecule has 10 heavy (non-hydrogen) atoms. The second-order valence-electron chi connectivity index (χ2n) is 2.22. The fourth-order valence-electron chi connectivity index (χ4n) is 1.03. The molecule has 0 saturated carbocycles. The number of hydrogen-bond donors (Lipinski definition) is 0. The third kappa shape index (κ3) is 0.997. The van der Waals surface area contributed by atoms with Gasteiger partial charge in [0.25, 0.3) is 0 Å². The van der Waals surface area contributed by atoms with Crippen LogP contribution in [0.2, 0.25) is 0 Å². The van der Waals surface area contributed by atoms with E-state index >= 15 is 0 Å². The molecule has 1 aliphatic heterocycles. The van der Waals surface area contributed by atoms with Gasteiger partial charge in [-0.2, -0.15) is 0 Å². The van der Waals surface area contributed by atoms with Crippen LogP contribution in [0.3, 0.4) is 0 Å². The van der Waals surface area contributed by atoms with Crippen LogP contribution >= 0.6 is 0 Å². The van der Waals surface area contributed by atoms with Crippen molar-refractivity contribution in [2.45, 2.75) is 0 Å². The van der Waals surface area contributed by atoms with E-state index in [-0.39, 0.29) is 0 Å². The van der Waals surface area contributed by atoms with Gasteiger partial charge in [-0.1, -0.05) is 0 Å². The summed E-state index contributed by atoms with van der Waals surface area (Å²) in [6.07, 6.45) is 2.22. The van der Waals surface area contributed by atoms with Crippen LogP contribution in [0.25, 0.3) is 6.08 Å². The Kier molecular flexibility index (Phi) is 1.56. The summed E-state index contributed by atoms with van der Waals surface area (Å²) < 4.78 is 0. The predicted molar refractivity (Wildman–Crippen MR) is 46.4 cm³/mol. The van der Waals surface area contributed by atoms with E-state index in [1.807, 2.05) is 0 Å². The van der Waals surface area contributed by atoms with Crippen molar-refractivity contribution >= 4 is 26.2 Å². The molecule has 0 saturated heterocycles. The van der Waals surface area contributed by atoms with Crippen molar-refractivity contribution in [2.24, 2.45) is 0 Å². The SMILES string of the molecule is C1=Cc2ccccc2C=[As]1. The normalized spacial score (nSPS) is 14.8. The molecule has 0 bridgehead atoms. The molecule has 0 amide bonds. The van der Waals surface area contributed by atoms with Crippen molar-refractivity contribution in [1.29, 1.82) is 0 Å². The van der Waals surface area contributed by atoms with Crippen molar-refractivity contribution in [1.82, 2.24) is 0 Å². The zero-order chi connectivity index (χ0) is 6.81. The van der Waals surface area contributed by atoms with Gasteiger partial charge in [-0.15, -0.1) is 0 Å². The van der Waals surface area contributed by atoms with Crippen molar-refractivity contribution in [3.63, 3.8) is 0 Å². The Morgan fingerprint density at radius 2 is 1.80 bits per heavy atom. The number of benzene rings is 1. The zero-order valence-electron chi connectivity index (χ0n) is 5.49. The number of fused-ring (bicyclic) bond motifs is 1. The van der Waals surface area contributed by atoms with E-state index in [1.165, 1.54) is 11.1 Å². The first kappa shape index (κ1) is 6.12. The van der Waals surface area contributed by atoms with E-state index in [9.17, 15) is 0 Å². The van der Waals surface area contributed by atoms with E-state index in [4.69, 9.17) is 0 Å². The molecule has 2 rings (SSSR count). The Bertz CT molecular complexity index is 266. The standard InChI is InChI=1S/C9H7As/c1-2-4-9-7-10-6-5-8(9)3-1/h1-7H. The van der Waals surface area contributed by atoms with Crippen LogP contribution in [0.15, 0.2) is 29.1 Å². The minimum atomic E-state index is 0.347. The van der Waals surface area contributed by atoms with Gasteiger partial charge in [0.15, 0.2) is 0 Å². The average molecular weight is 190 g/mol. The van der Waals surface area contributed by atoms with Crippen LogP contribution in [0.5, 0.6) is 0 Å². The van der Waals surface area contributed by atoms with E-state index in [2.05, 4.69) is 40.0 Å². The molecular weight excluding hydrogens is 183 g/mol. The summed E-state index contributed by atoms with van der Waals surface area (Å²) in [5.41, 5.74) is 2.77. The second-order valence-corrected chi connectivity index (χ2v) is 4.02. The van der Waals surface area contributed by atoms with E-state index in [0.29, 0.717) is 15.3 Å². The van der Waals surface area contributed by atoms with Crippen LogP contribution in [0.1, 0.15) is 11.1 Å². The first-order chi connectivity index (χ1) is 4.97. The molecule has 1 heteroatoms. The third-order valence-electron chi connectivity index (χ3n) is 1.55. The van der Waals surface area contributed by atoms with Crippen molar-refractivity contribution in [2.75, 3.05) is 0 Å². The Balaban J connectivity index is 2.65. The molecule has 0 nitrogen and oxygen atoms in total. The van der Waals surface area contributed by atoms with Gasteiger partial charge in [0, 0.05) is 0 Å². The maximum atomic E-state index is 2.34. The molecule has 1 aromatic rings. The van der Waals surface area contributed by atoms with E-state index in [0.717, 1.165) is 0 Å². The fraction of sp³-hybridized carbons (Fsp3) is 0. The molecule has 0 spiro atoms. The predicted octanol–water partition coefficient (Wildman–Crippen LogP) is 1.53. The summed E-state index contributed by atoms with van der Waals surface area (Å²) in [6, 6.07) is 8.51. The zero-order valence-corrected chi connectivity index (χ0v) is 7.37. The van der Waals surface area contributed by atoms with Gasteiger partial charge in [0.05, 0.1) is 0 Å². The van der Waals surface area contributed by atoms with Gasteiger partial charge >= 0.3 is 66.4 Å². The van der Waals surface area contributed by atoms with E-state index in [1.54, 1.807) is 0 Å². The summed E-state index contributed by atoms with van der Waals surface area (Å²) >= 11 is 0.347. The molecule has 0 aliphatic carbocycles. The van der Waals surface area contributed by atoms with Crippen molar-refractivity contribution < 1.29 is 0 Å². The Morgan fingerprint density at radius 3 is 2.60 bits per heavy atom. The van der Waals surface area contributed by atoms with Crippen LogP contribution in [-0.2, 0) is 0 Å². The molecule has 48 valence electrons. The molecule has 0 atom stereocenters. The van der Waals surface area contributed by atoms with Crippen LogP contribution in [-0.4, -0.2) is 20.1 Å². The van der Waals surface area contributed by atoms with E-state index < -0.39 is 0 Å². The first-order valence-electron chi connectivity index (χ1n) is 3.25. The molecule has 0 unspecified atom stereocenters. The molecule has 0 radical (unpaired) electrons. The summed E-state index contributed by atoms with van der Waals surface area (Å²) in [6.45, 7) is 0. The van der Waals surface area contributed by atoms with Crippen molar-refractivity contribution in [3.8, 4) is 0 Å². The Hall–Kier alpha value is -0.612. The summed E-state index contributed by atoms with van der Waals surface area (Å²) in [5.74, 6) is 0. The van der Waals surface area contributed by atoms with Gasteiger partial charge in [-0.05, 0) is 0 Å². The molecule has 1 heterocycles. The molecule has 0 aromatic heterocycles. The fourth-order valence-corrected chi connectivity index (χ4v) is 2.56. The number of hydrogen-bond acceptors (Lipinski definition) is 0. The van der Waals surface area contributed by atoms with Crippen LogP contribution in [0.4, 0.5) is 0 Å². The monoisotopic (exact) mass is 190 g/mol. The Labute approximate surface area is 66.8 Å². The van der Waals surface area contributed by atoms with Crippen molar-refractivity contribution in [3.05, 3.63) is 40.3 Å². The maximum absolute atomic E-state index is 2.34. The summed E-state index contributed by atoms with van der Waals surface area (Å²) in [5, 5.41) is 0. The second kappa shape index (κ2) is 2.55. The topological polar surface area (TPSA) is 0 Å². The average Bonchev–Trinajstić information content (AvgIpc) is 2.05. The van der Waals surface area contributed by atoms with Gasteiger partial charge < -0.3 is 0 Å². The first-order valence-corrected chi connectivity index (χ1v) is 5.42. The minimum absolute atomic E-state index is 0.347. The molecule has 1 aromatic carbocycles. The van der Waals surface area contributed by atoms with Gasteiger partial charge in [0.2, 0.25) is 0 Å². The molecule has 0 fully saturated rings. The summed E-state index contributed by atoms with van der Waals surface area (Å²) in [7, 11) is 0. The summed E-state index contributed by atoms with van der Waals surface area (Å²) in [4.78, 5) is 4.62. The molecule has 0 N–H and O–H groups in total. The van der Waals surface area contributed by atoms with Gasteiger partial charge in [-0.3, -0.25) is 0 Å². The van der Waals surface area contributed by atoms with Crippen LogP contribution in [0, 0.1) is 0 Å².